The van der Waals surface area contributed by atoms with E-state index < -0.39 is 21.3 Å². The number of carbonyl (C=O) groups is 1. The SMILES string of the molecule is N#Cc1ccccc1Sc1ccccc1C(=O)N[C@@H]1CS(=O)(=O)C[C@H]1Cl. The topological polar surface area (TPSA) is 87.0 Å². The predicted molar refractivity (Wildman–Crippen MR) is 101 cm³/mol. The van der Waals surface area contributed by atoms with Crippen LogP contribution in [0.5, 0.6) is 0 Å². The van der Waals surface area contributed by atoms with E-state index in [1.165, 1.54) is 11.8 Å². The molecule has 8 heteroatoms. The van der Waals surface area contributed by atoms with E-state index in [2.05, 4.69) is 11.4 Å². The number of rotatable bonds is 4. The molecule has 0 aromatic heterocycles. The van der Waals surface area contributed by atoms with E-state index in [-0.39, 0.29) is 17.4 Å². The molecule has 1 aliphatic heterocycles. The summed E-state index contributed by atoms with van der Waals surface area (Å²) in [6, 6.07) is 15.7. The lowest BCUT2D eigenvalue weighted by molar-refractivity contribution is 0.0938. The molecule has 1 N–H and O–H groups in total. The molecule has 3 rings (SSSR count). The first-order valence-electron chi connectivity index (χ1n) is 7.81. The van der Waals surface area contributed by atoms with Crippen LogP contribution >= 0.6 is 23.4 Å². The van der Waals surface area contributed by atoms with Gasteiger partial charge in [0, 0.05) is 9.79 Å². The molecule has 1 fully saturated rings. The molecule has 0 aliphatic carbocycles. The van der Waals surface area contributed by atoms with Crippen molar-refractivity contribution in [1.82, 2.24) is 5.32 Å². The van der Waals surface area contributed by atoms with E-state index in [0.29, 0.717) is 16.0 Å². The molecule has 2 atom stereocenters. The number of nitriles is 1. The van der Waals surface area contributed by atoms with Crippen molar-refractivity contribution in [3.8, 4) is 6.07 Å². The summed E-state index contributed by atoms with van der Waals surface area (Å²) in [5.41, 5.74) is 0.939. The number of nitrogens with one attached hydrogen (secondary N) is 1. The van der Waals surface area contributed by atoms with Crippen LogP contribution < -0.4 is 5.32 Å². The van der Waals surface area contributed by atoms with Crippen molar-refractivity contribution in [2.24, 2.45) is 0 Å². The number of hydrogen-bond donors (Lipinski definition) is 1. The van der Waals surface area contributed by atoms with Crippen LogP contribution in [0.15, 0.2) is 58.3 Å². The van der Waals surface area contributed by atoms with E-state index in [9.17, 15) is 18.5 Å². The minimum atomic E-state index is -3.23. The number of carbonyl (C=O) groups excluding carboxylic acids is 1. The molecule has 2 aromatic rings. The standard InChI is InChI=1S/C18H15ClN2O3S2/c19-14-10-26(23,24)11-15(14)21-18(22)13-6-2-4-8-17(13)25-16-7-3-1-5-12(16)9-20/h1-8,14-15H,10-11H2,(H,21,22)/t14-,15-/m1/s1. The third-order valence-electron chi connectivity index (χ3n) is 3.96. The first kappa shape index (κ1) is 18.8. The molecule has 1 saturated heterocycles. The Kier molecular flexibility index (Phi) is 5.56. The molecule has 1 aliphatic rings. The summed E-state index contributed by atoms with van der Waals surface area (Å²) in [6.07, 6.45) is 0. The highest BCUT2D eigenvalue weighted by atomic mass is 35.5. The van der Waals surface area contributed by atoms with Crippen LogP contribution in [0, 0.1) is 11.3 Å². The maximum absolute atomic E-state index is 12.7. The quantitative estimate of drug-likeness (QED) is 0.789. The molecular weight excluding hydrogens is 392 g/mol. The van der Waals surface area contributed by atoms with E-state index in [1.807, 2.05) is 12.1 Å². The van der Waals surface area contributed by atoms with Gasteiger partial charge in [0.05, 0.1) is 34.1 Å². The van der Waals surface area contributed by atoms with Crippen molar-refractivity contribution in [3.05, 3.63) is 59.7 Å². The number of alkyl halides is 1. The van der Waals surface area contributed by atoms with Gasteiger partial charge in [0.25, 0.3) is 5.91 Å². The van der Waals surface area contributed by atoms with Gasteiger partial charge in [0.1, 0.15) is 6.07 Å². The molecule has 0 saturated carbocycles. The highest BCUT2D eigenvalue weighted by Gasteiger charge is 2.37. The Balaban J connectivity index is 1.83. The van der Waals surface area contributed by atoms with Crippen molar-refractivity contribution >= 4 is 39.1 Å². The van der Waals surface area contributed by atoms with Crippen molar-refractivity contribution in [1.29, 1.82) is 5.26 Å². The minimum Gasteiger partial charge on any atom is -0.347 e. The fourth-order valence-electron chi connectivity index (χ4n) is 2.69. The zero-order valence-corrected chi connectivity index (χ0v) is 15.9. The van der Waals surface area contributed by atoms with E-state index in [4.69, 9.17) is 11.6 Å². The number of hydrogen-bond acceptors (Lipinski definition) is 5. The third-order valence-corrected chi connectivity index (χ3v) is 7.49. The molecule has 0 bridgehead atoms. The van der Waals surface area contributed by atoms with Crippen LogP contribution in [0.3, 0.4) is 0 Å². The zero-order chi connectivity index (χ0) is 18.7. The van der Waals surface area contributed by atoms with Crippen LogP contribution in [0.1, 0.15) is 15.9 Å². The summed E-state index contributed by atoms with van der Waals surface area (Å²) in [7, 11) is -3.23. The van der Waals surface area contributed by atoms with E-state index >= 15 is 0 Å². The maximum Gasteiger partial charge on any atom is 0.252 e. The van der Waals surface area contributed by atoms with Crippen molar-refractivity contribution in [2.75, 3.05) is 11.5 Å². The highest BCUT2D eigenvalue weighted by Crippen LogP contribution is 2.32. The summed E-state index contributed by atoms with van der Waals surface area (Å²) >= 11 is 7.39. The van der Waals surface area contributed by atoms with Crippen molar-refractivity contribution in [3.63, 3.8) is 0 Å². The van der Waals surface area contributed by atoms with Crippen LogP contribution in [0.2, 0.25) is 0 Å². The van der Waals surface area contributed by atoms with Gasteiger partial charge in [-0.1, -0.05) is 36.0 Å². The van der Waals surface area contributed by atoms with Gasteiger partial charge < -0.3 is 5.32 Å². The Morgan fingerprint density at radius 2 is 1.77 bits per heavy atom. The maximum atomic E-state index is 12.7. The molecule has 1 heterocycles. The summed E-state index contributed by atoms with van der Waals surface area (Å²) < 4.78 is 23.4. The molecule has 0 unspecified atom stereocenters. The van der Waals surface area contributed by atoms with Crippen LogP contribution in [0.4, 0.5) is 0 Å². The highest BCUT2D eigenvalue weighted by molar-refractivity contribution is 7.99. The molecule has 0 spiro atoms. The third kappa shape index (κ3) is 4.21. The molecule has 2 aromatic carbocycles. The van der Waals surface area contributed by atoms with Gasteiger partial charge >= 0.3 is 0 Å². The van der Waals surface area contributed by atoms with Crippen LogP contribution in [-0.4, -0.2) is 37.2 Å². The largest absolute Gasteiger partial charge is 0.347 e. The smallest absolute Gasteiger partial charge is 0.252 e. The fourth-order valence-corrected chi connectivity index (χ4v) is 6.27. The number of amides is 1. The summed E-state index contributed by atoms with van der Waals surface area (Å²) in [5, 5.41) is 11.3. The number of sulfone groups is 1. The normalized spacial score (nSPS) is 21.1. The van der Waals surface area contributed by atoms with Gasteiger partial charge in [-0.15, -0.1) is 11.6 Å². The molecule has 1 amide bonds. The number of halogens is 1. The zero-order valence-electron chi connectivity index (χ0n) is 13.6. The minimum absolute atomic E-state index is 0.133. The van der Waals surface area contributed by atoms with Crippen LogP contribution in [-0.2, 0) is 9.84 Å². The van der Waals surface area contributed by atoms with E-state index in [1.54, 1.807) is 36.4 Å². The van der Waals surface area contributed by atoms with Gasteiger partial charge in [0.2, 0.25) is 0 Å². The Hall–Kier alpha value is -2.01. The summed E-state index contributed by atoms with van der Waals surface area (Å²) in [6.45, 7) is 0. The van der Waals surface area contributed by atoms with E-state index in [0.717, 1.165) is 4.90 Å². The second-order valence-electron chi connectivity index (χ2n) is 5.88. The average Bonchev–Trinajstić information content (AvgIpc) is 2.87. The van der Waals surface area contributed by atoms with Crippen molar-refractivity contribution in [2.45, 2.75) is 21.2 Å². The number of benzene rings is 2. The Morgan fingerprint density at radius 1 is 1.12 bits per heavy atom. The first-order valence-corrected chi connectivity index (χ1v) is 10.9. The summed E-state index contributed by atoms with van der Waals surface area (Å²) in [5.74, 6) is -0.666. The fraction of sp³-hybridized carbons (Fsp3) is 0.222. The van der Waals surface area contributed by atoms with Gasteiger partial charge in [0.15, 0.2) is 9.84 Å². The lowest BCUT2D eigenvalue weighted by atomic mass is 10.2. The second-order valence-corrected chi connectivity index (χ2v) is 9.68. The van der Waals surface area contributed by atoms with Gasteiger partial charge in [-0.05, 0) is 24.3 Å². The Bertz CT molecular complexity index is 986. The Labute approximate surface area is 161 Å². The monoisotopic (exact) mass is 406 g/mol. The van der Waals surface area contributed by atoms with Gasteiger partial charge in [-0.2, -0.15) is 5.26 Å². The lowest BCUT2D eigenvalue weighted by Gasteiger charge is -2.16. The first-order chi connectivity index (χ1) is 12.4. The molecular formula is C18H15ClN2O3S2. The van der Waals surface area contributed by atoms with Gasteiger partial charge in [-0.3, -0.25) is 4.79 Å². The van der Waals surface area contributed by atoms with Crippen molar-refractivity contribution < 1.29 is 13.2 Å². The second kappa shape index (κ2) is 7.70. The molecule has 26 heavy (non-hydrogen) atoms. The van der Waals surface area contributed by atoms with Crippen LogP contribution in [0.25, 0.3) is 0 Å². The van der Waals surface area contributed by atoms with Gasteiger partial charge in [-0.25, -0.2) is 8.42 Å². The molecule has 0 radical (unpaired) electrons. The molecule has 5 nitrogen and oxygen atoms in total. The average molecular weight is 407 g/mol. The Morgan fingerprint density at radius 3 is 2.42 bits per heavy atom. The molecule has 134 valence electrons. The number of nitrogens with zero attached hydrogens (tertiary/aromatic N) is 1. The lowest BCUT2D eigenvalue weighted by Crippen LogP contribution is -2.40. The predicted octanol–water partition coefficient (Wildman–Crippen LogP) is 2.84. The summed E-state index contributed by atoms with van der Waals surface area (Å²) in [4.78, 5) is 14.1.